The van der Waals surface area contributed by atoms with Gasteiger partial charge in [-0.25, -0.2) is 4.68 Å². The van der Waals surface area contributed by atoms with Crippen molar-refractivity contribution in [3.8, 4) is 5.69 Å². The van der Waals surface area contributed by atoms with Gasteiger partial charge in [-0.15, -0.1) is 0 Å². The van der Waals surface area contributed by atoms with Crippen molar-refractivity contribution in [1.82, 2.24) is 14.7 Å². The van der Waals surface area contributed by atoms with E-state index in [0.29, 0.717) is 17.8 Å². The van der Waals surface area contributed by atoms with Crippen LogP contribution in [0.15, 0.2) is 36.5 Å². The second kappa shape index (κ2) is 7.09. The Morgan fingerprint density at radius 1 is 1.26 bits per heavy atom. The molecule has 0 aliphatic carbocycles. The number of carboxylic acids is 1. The van der Waals surface area contributed by atoms with Crippen LogP contribution in [0, 0.1) is 12.8 Å². The molecule has 0 saturated carbocycles. The van der Waals surface area contributed by atoms with Crippen LogP contribution < -0.4 is 0 Å². The van der Waals surface area contributed by atoms with Crippen molar-refractivity contribution >= 4 is 11.9 Å². The molecule has 0 radical (unpaired) electrons. The summed E-state index contributed by atoms with van der Waals surface area (Å²) in [6.45, 7) is 5.78. The van der Waals surface area contributed by atoms with Crippen LogP contribution >= 0.6 is 0 Å². The second-order valence-corrected chi connectivity index (χ2v) is 5.86. The van der Waals surface area contributed by atoms with Crippen LogP contribution in [-0.2, 0) is 4.79 Å². The highest BCUT2D eigenvalue weighted by Crippen LogP contribution is 2.16. The Morgan fingerprint density at radius 2 is 1.91 bits per heavy atom. The van der Waals surface area contributed by atoms with Gasteiger partial charge in [0.25, 0.3) is 5.91 Å². The molecule has 0 aliphatic heterocycles. The van der Waals surface area contributed by atoms with Gasteiger partial charge in [0.15, 0.2) is 0 Å². The smallest absolute Gasteiger partial charge is 0.323 e. The minimum absolute atomic E-state index is 0.183. The molecule has 2 rings (SSSR count). The average molecular weight is 315 g/mol. The Labute approximate surface area is 135 Å². The van der Waals surface area contributed by atoms with Crippen molar-refractivity contribution in [2.75, 3.05) is 13.1 Å². The summed E-state index contributed by atoms with van der Waals surface area (Å²) in [7, 11) is 0. The number of benzene rings is 1. The molecule has 122 valence electrons. The quantitative estimate of drug-likeness (QED) is 0.888. The molecule has 1 aromatic carbocycles. The van der Waals surface area contributed by atoms with Crippen molar-refractivity contribution in [3.63, 3.8) is 0 Å². The molecule has 1 amide bonds. The molecular weight excluding hydrogens is 294 g/mol. The van der Waals surface area contributed by atoms with E-state index in [9.17, 15) is 9.59 Å². The monoisotopic (exact) mass is 315 g/mol. The molecule has 0 fully saturated rings. The minimum atomic E-state index is -1.02. The standard InChI is InChI=1S/C17H21N3O3/c1-12(2)10-19(11-16(21)22)17(23)15-9-18-20(13(15)3)14-7-5-4-6-8-14/h4-9,12H,10-11H2,1-3H3,(H,21,22). The molecule has 0 aliphatic rings. The first-order valence-electron chi connectivity index (χ1n) is 7.51. The van der Waals surface area contributed by atoms with Crippen LogP contribution in [0.3, 0.4) is 0 Å². The summed E-state index contributed by atoms with van der Waals surface area (Å²) in [5.74, 6) is -1.14. The number of carbonyl (C=O) groups is 2. The Kier molecular flexibility index (Phi) is 5.16. The summed E-state index contributed by atoms with van der Waals surface area (Å²) in [4.78, 5) is 25.1. The zero-order chi connectivity index (χ0) is 17.0. The minimum Gasteiger partial charge on any atom is -0.480 e. The molecule has 2 aromatic rings. The Bertz CT molecular complexity index is 692. The van der Waals surface area contributed by atoms with Crippen molar-refractivity contribution in [2.45, 2.75) is 20.8 Å². The van der Waals surface area contributed by atoms with E-state index in [1.54, 1.807) is 4.68 Å². The highest BCUT2D eigenvalue weighted by Gasteiger charge is 2.23. The average Bonchev–Trinajstić information content (AvgIpc) is 2.87. The van der Waals surface area contributed by atoms with E-state index in [1.807, 2.05) is 51.1 Å². The third kappa shape index (κ3) is 3.97. The maximum Gasteiger partial charge on any atom is 0.323 e. The largest absolute Gasteiger partial charge is 0.480 e. The number of carbonyl (C=O) groups excluding carboxylic acids is 1. The van der Waals surface area contributed by atoms with Crippen LogP contribution in [0.2, 0.25) is 0 Å². The number of amides is 1. The van der Waals surface area contributed by atoms with Gasteiger partial charge in [-0.05, 0) is 25.0 Å². The summed E-state index contributed by atoms with van der Waals surface area (Å²) < 4.78 is 1.68. The zero-order valence-corrected chi connectivity index (χ0v) is 13.6. The SMILES string of the molecule is Cc1c(C(=O)N(CC(=O)O)CC(C)C)cnn1-c1ccccc1. The molecule has 0 spiro atoms. The fourth-order valence-corrected chi connectivity index (χ4v) is 2.44. The van der Waals surface area contributed by atoms with Gasteiger partial charge in [-0.2, -0.15) is 5.10 Å². The van der Waals surface area contributed by atoms with Gasteiger partial charge in [0.2, 0.25) is 0 Å². The summed E-state index contributed by atoms with van der Waals surface area (Å²) in [5.41, 5.74) is 1.98. The van der Waals surface area contributed by atoms with Gasteiger partial charge in [-0.3, -0.25) is 9.59 Å². The van der Waals surface area contributed by atoms with Crippen molar-refractivity contribution in [3.05, 3.63) is 47.8 Å². The number of hydrogen-bond acceptors (Lipinski definition) is 3. The van der Waals surface area contributed by atoms with E-state index in [4.69, 9.17) is 5.11 Å². The van der Waals surface area contributed by atoms with Gasteiger partial charge in [-0.1, -0.05) is 32.0 Å². The van der Waals surface area contributed by atoms with E-state index >= 15 is 0 Å². The lowest BCUT2D eigenvalue weighted by atomic mass is 10.1. The Hall–Kier alpha value is -2.63. The number of carboxylic acid groups (broad SMARTS) is 1. The molecule has 1 N–H and O–H groups in total. The Balaban J connectivity index is 2.31. The number of hydrogen-bond donors (Lipinski definition) is 1. The van der Waals surface area contributed by atoms with Gasteiger partial charge < -0.3 is 10.0 Å². The summed E-state index contributed by atoms with van der Waals surface area (Å²) >= 11 is 0. The topological polar surface area (TPSA) is 75.4 Å². The zero-order valence-electron chi connectivity index (χ0n) is 13.6. The fraction of sp³-hybridized carbons (Fsp3) is 0.353. The Morgan fingerprint density at radius 3 is 2.48 bits per heavy atom. The molecule has 0 bridgehead atoms. The van der Waals surface area contributed by atoms with E-state index in [1.165, 1.54) is 11.1 Å². The van der Waals surface area contributed by atoms with Crippen molar-refractivity contribution in [2.24, 2.45) is 5.92 Å². The highest BCUT2D eigenvalue weighted by atomic mass is 16.4. The van der Waals surface area contributed by atoms with Crippen molar-refractivity contribution in [1.29, 1.82) is 0 Å². The number of rotatable bonds is 6. The van der Waals surface area contributed by atoms with E-state index in [0.717, 1.165) is 5.69 Å². The maximum atomic E-state index is 12.7. The summed E-state index contributed by atoms with van der Waals surface area (Å²) in [5, 5.41) is 13.3. The first-order chi connectivity index (χ1) is 10.9. The number of para-hydroxylation sites is 1. The molecule has 1 aromatic heterocycles. The maximum absolute atomic E-state index is 12.7. The van der Waals surface area contributed by atoms with E-state index in [-0.39, 0.29) is 18.4 Å². The second-order valence-electron chi connectivity index (χ2n) is 5.86. The van der Waals surface area contributed by atoms with Crippen LogP contribution in [0.4, 0.5) is 0 Å². The van der Waals surface area contributed by atoms with E-state index < -0.39 is 5.97 Å². The molecule has 0 saturated heterocycles. The summed E-state index contributed by atoms with van der Waals surface area (Å²) in [6.07, 6.45) is 1.50. The first-order valence-corrected chi connectivity index (χ1v) is 7.51. The normalized spacial score (nSPS) is 10.8. The van der Waals surface area contributed by atoms with E-state index in [2.05, 4.69) is 5.10 Å². The number of aromatic nitrogens is 2. The summed E-state index contributed by atoms with van der Waals surface area (Å²) in [6, 6.07) is 9.50. The lowest BCUT2D eigenvalue weighted by Crippen LogP contribution is -2.38. The van der Waals surface area contributed by atoms with Gasteiger partial charge in [0.1, 0.15) is 6.54 Å². The molecule has 6 nitrogen and oxygen atoms in total. The van der Waals surface area contributed by atoms with Crippen LogP contribution in [0.1, 0.15) is 29.9 Å². The van der Waals surface area contributed by atoms with Crippen LogP contribution in [0.25, 0.3) is 5.69 Å². The predicted molar refractivity (Wildman–Crippen MR) is 86.7 cm³/mol. The molecule has 23 heavy (non-hydrogen) atoms. The lowest BCUT2D eigenvalue weighted by molar-refractivity contribution is -0.137. The lowest BCUT2D eigenvalue weighted by Gasteiger charge is -2.22. The van der Waals surface area contributed by atoms with Crippen molar-refractivity contribution < 1.29 is 14.7 Å². The third-order valence-corrected chi connectivity index (χ3v) is 3.44. The number of aliphatic carboxylic acids is 1. The molecule has 1 heterocycles. The first kappa shape index (κ1) is 16.7. The fourth-order valence-electron chi connectivity index (χ4n) is 2.44. The van der Waals surface area contributed by atoms with Gasteiger partial charge >= 0.3 is 5.97 Å². The van der Waals surface area contributed by atoms with Crippen LogP contribution in [0.5, 0.6) is 0 Å². The number of nitrogens with zero attached hydrogens (tertiary/aromatic N) is 3. The van der Waals surface area contributed by atoms with Gasteiger partial charge in [0.05, 0.1) is 23.1 Å². The van der Waals surface area contributed by atoms with Gasteiger partial charge in [0, 0.05) is 6.54 Å². The molecule has 0 atom stereocenters. The predicted octanol–water partition coefficient (Wildman–Crippen LogP) is 2.36. The molecule has 0 unspecified atom stereocenters. The molecule has 6 heteroatoms. The van der Waals surface area contributed by atoms with Crippen LogP contribution in [-0.4, -0.2) is 44.8 Å². The molecular formula is C17H21N3O3. The third-order valence-electron chi connectivity index (χ3n) is 3.44. The highest BCUT2D eigenvalue weighted by molar-refractivity contribution is 5.96.